The number of benzene rings is 2. The highest BCUT2D eigenvalue weighted by Gasteiger charge is 2.37. The fourth-order valence-electron chi connectivity index (χ4n) is 3.48. The van der Waals surface area contributed by atoms with Crippen molar-refractivity contribution in [2.75, 3.05) is 19.6 Å². The zero-order valence-electron chi connectivity index (χ0n) is 17.3. The van der Waals surface area contributed by atoms with Crippen LogP contribution in [0.5, 0.6) is 5.75 Å². The smallest absolute Gasteiger partial charge is 0.345 e. The van der Waals surface area contributed by atoms with Gasteiger partial charge in [0.05, 0.1) is 15.5 Å². The van der Waals surface area contributed by atoms with E-state index in [2.05, 4.69) is 0 Å². The van der Waals surface area contributed by atoms with Crippen LogP contribution in [0.1, 0.15) is 28.8 Å². The van der Waals surface area contributed by atoms with Crippen LogP contribution in [0, 0.1) is 0 Å². The van der Waals surface area contributed by atoms with Gasteiger partial charge in [-0.05, 0) is 54.9 Å². The van der Waals surface area contributed by atoms with Gasteiger partial charge in [-0.15, -0.1) is 0 Å². The number of rotatable bonds is 5. The molecule has 0 N–H and O–H groups in total. The number of likely N-dealkylation sites (tertiary alicyclic amines) is 1. The Hall–Kier alpha value is -2.81. The van der Waals surface area contributed by atoms with E-state index in [1.165, 1.54) is 24.3 Å². The van der Waals surface area contributed by atoms with E-state index in [-0.39, 0.29) is 33.7 Å². The van der Waals surface area contributed by atoms with Crippen molar-refractivity contribution >= 4 is 64.1 Å². The van der Waals surface area contributed by atoms with Gasteiger partial charge in [0.25, 0.3) is 11.1 Å². The van der Waals surface area contributed by atoms with Crippen molar-refractivity contribution in [1.82, 2.24) is 9.80 Å². The summed E-state index contributed by atoms with van der Waals surface area (Å²) in [5.41, 5.74) is 0.559. The van der Waals surface area contributed by atoms with E-state index in [1.807, 2.05) is 0 Å². The molecule has 0 spiro atoms. The van der Waals surface area contributed by atoms with Gasteiger partial charge in [0.1, 0.15) is 12.3 Å². The predicted octanol–water partition coefficient (Wildman–Crippen LogP) is 4.87. The Morgan fingerprint density at radius 3 is 2.52 bits per heavy atom. The quantitative estimate of drug-likeness (QED) is 0.328. The number of para-hydroxylation sites is 1. The zero-order chi connectivity index (χ0) is 23.5. The van der Waals surface area contributed by atoms with Crippen LogP contribution in [0.15, 0.2) is 47.4 Å². The Morgan fingerprint density at radius 2 is 1.79 bits per heavy atom. The summed E-state index contributed by atoms with van der Waals surface area (Å²) in [5.74, 6) is -1.31. The molecule has 0 aromatic heterocycles. The Balaban J connectivity index is 1.52. The number of esters is 1. The van der Waals surface area contributed by atoms with Crippen molar-refractivity contribution < 1.29 is 23.9 Å². The number of halogens is 2. The van der Waals surface area contributed by atoms with Crippen LogP contribution >= 0.6 is 35.0 Å². The van der Waals surface area contributed by atoms with E-state index in [9.17, 15) is 19.2 Å². The zero-order valence-corrected chi connectivity index (χ0v) is 19.6. The summed E-state index contributed by atoms with van der Waals surface area (Å²) < 4.78 is 5.49. The van der Waals surface area contributed by atoms with Crippen molar-refractivity contribution in [1.29, 1.82) is 0 Å². The number of carbonyl (C=O) groups excluding carboxylic acids is 4. The Bertz CT molecular complexity index is 1180. The minimum Gasteiger partial charge on any atom is -0.422 e. The molecule has 2 heterocycles. The Labute approximate surface area is 204 Å². The first-order chi connectivity index (χ1) is 15.8. The average Bonchev–Trinajstić information content (AvgIpc) is 3.40. The van der Waals surface area contributed by atoms with Gasteiger partial charge in [-0.1, -0.05) is 41.4 Å². The molecule has 0 radical (unpaired) electrons. The Morgan fingerprint density at radius 1 is 1.06 bits per heavy atom. The number of imide groups is 1. The minimum atomic E-state index is -0.693. The fourth-order valence-corrected chi connectivity index (χ4v) is 4.80. The molecular formula is C23H18Cl2N2O5S. The molecule has 0 aliphatic carbocycles. The standard InChI is InChI=1S/C23H18Cl2N2O5S/c24-15-7-8-16(17(25)12-15)22(30)32-18-6-2-1-5-14(18)11-19-21(29)27(23(31)33-19)13-20(28)26-9-3-4-10-26/h1-2,5-8,11-12H,3-4,9-10,13H2/b19-11-. The molecule has 2 aromatic carbocycles. The number of hydrogen-bond acceptors (Lipinski definition) is 6. The highest BCUT2D eigenvalue weighted by Crippen LogP contribution is 2.34. The highest BCUT2D eigenvalue weighted by molar-refractivity contribution is 8.18. The number of amides is 3. The molecule has 33 heavy (non-hydrogen) atoms. The highest BCUT2D eigenvalue weighted by atomic mass is 35.5. The van der Waals surface area contributed by atoms with Crippen LogP contribution in [-0.4, -0.2) is 52.5 Å². The molecule has 2 aliphatic heterocycles. The second-order valence-electron chi connectivity index (χ2n) is 7.41. The molecule has 2 fully saturated rings. The van der Waals surface area contributed by atoms with E-state index in [0.29, 0.717) is 23.7 Å². The molecule has 0 bridgehead atoms. The predicted molar refractivity (Wildman–Crippen MR) is 126 cm³/mol. The molecule has 0 atom stereocenters. The number of nitrogens with zero attached hydrogens (tertiary/aromatic N) is 2. The number of hydrogen-bond donors (Lipinski definition) is 0. The van der Waals surface area contributed by atoms with E-state index < -0.39 is 17.1 Å². The summed E-state index contributed by atoms with van der Waals surface area (Å²) in [6.07, 6.45) is 3.31. The first-order valence-electron chi connectivity index (χ1n) is 10.1. The molecule has 4 rings (SSSR count). The summed E-state index contributed by atoms with van der Waals surface area (Å²) in [7, 11) is 0. The Kier molecular flexibility index (Phi) is 7.07. The van der Waals surface area contributed by atoms with Gasteiger partial charge in [0.15, 0.2) is 0 Å². The second kappa shape index (κ2) is 9.99. The third kappa shape index (κ3) is 5.24. The molecule has 10 heteroatoms. The summed E-state index contributed by atoms with van der Waals surface area (Å²) >= 11 is 12.7. The van der Waals surface area contributed by atoms with Crippen LogP contribution in [-0.2, 0) is 9.59 Å². The van der Waals surface area contributed by atoms with Crippen LogP contribution in [0.4, 0.5) is 4.79 Å². The molecule has 170 valence electrons. The molecule has 0 unspecified atom stereocenters. The monoisotopic (exact) mass is 504 g/mol. The lowest BCUT2D eigenvalue weighted by atomic mass is 10.1. The molecular weight excluding hydrogens is 487 g/mol. The second-order valence-corrected chi connectivity index (χ2v) is 9.24. The van der Waals surface area contributed by atoms with Crippen LogP contribution in [0.25, 0.3) is 6.08 Å². The largest absolute Gasteiger partial charge is 0.422 e. The fraction of sp³-hybridized carbons (Fsp3) is 0.217. The molecule has 2 saturated heterocycles. The summed E-state index contributed by atoms with van der Waals surface area (Å²) in [5, 5.41) is 0.0193. The first kappa shape index (κ1) is 23.4. The lowest BCUT2D eigenvalue weighted by molar-refractivity contribution is -0.135. The van der Waals surface area contributed by atoms with Crippen molar-refractivity contribution in [2.45, 2.75) is 12.8 Å². The molecule has 2 aromatic rings. The number of ether oxygens (including phenoxy) is 1. The van der Waals surface area contributed by atoms with Gasteiger partial charge in [0.2, 0.25) is 5.91 Å². The lowest BCUT2D eigenvalue weighted by Gasteiger charge is -2.18. The normalized spacial score (nSPS) is 17.2. The maximum absolute atomic E-state index is 12.8. The van der Waals surface area contributed by atoms with Crippen molar-refractivity contribution in [3.63, 3.8) is 0 Å². The van der Waals surface area contributed by atoms with E-state index in [0.717, 1.165) is 29.5 Å². The minimum absolute atomic E-state index is 0.136. The van der Waals surface area contributed by atoms with Crippen LogP contribution < -0.4 is 4.74 Å². The van der Waals surface area contributed by atoms with E-state index in [1.54, 1.807) is 29.2 Å². The number of carbonyl (C=O) groups is 4. The van der Waals surface area contributed by atoms with E-state index in [4.69, 9.17) is 27.9 Å². The summed E-state index contributed by atoms with van der Waals surface area (Å²) in [6, 6.07) is 11.0. The summed E-state index contributed by atoms with van der Waals surface area (Å²) in [6.45, 7) is 0.996. The first-order valence-corrected chi connectivity index (χ1v) is 11.7. The third-order valence-corrected chi connectivity index (χ3v) is 6.64. The average molecular weight is 505 g/mol. The van der Waals surface area contributed by atoms with Crippen molar-refractivity contribution in [3.8, 4) is 5.75 Å². The molecule has 2 aliphatic rings. The van der Waals surface area contributed by atoms with Crippen molar-refractivity contribution in [3.05, 3.63) is 68.5 Å². The topological polar surface area (TPSA) is 84.0 Å². The van der Waals surface area contributed by atoms with Crippen molar-refractivity contribution in [2.24, 2.45) is 0 Å². The van der Waals surface area contributed by atoms with Gasteiger partial charge in [-0.2, -0.15) is 0 Å². The molecule has 7 nitrogen and oxygen atoms in total. The van der Waals surface area contributed by atoms with Crippen LogP contribution in [0.3, 0.4) is 0 Å². The van der Waals surface area contributed by atoms with Gasteiger partial charge in [-0.3, -0.25) is 19.3 Å². The number of thioether (sulfide) groups is 1. The van der Waals surface area contributed by atoms with E-state index >= 15 is 0 Å². The van der Waals surface area contributed by atoms with Crippen LogP contribution in [0.2, 0.25) is 10.0 Å². The lowest BCUT2D eigenvalue weighted by Crippen LogP contribution is -2.40. The van der Waals surface area contributed by atoms with Gasteiger partial charge in [-0.25, -0.2) is 4.79 Å². The summed E-state index contributed by atoms with van der Waals surface area (Å²) in [4.78, 5) is 52.9. The third-order valence-electron chi connectivity index (χ3n) is 5.19. The maximum Gasteiger partial charge on any atom is 0.345 e. The van der Waals surface area contributed by atoms with Gasteiger partial charge < -0.3 is 9.64 Å². The molecule has 3 amide bonds. The van der Waals surface area contributed by atoms with Gasteiger partial charge >= 0.3 is 5.97 Å². The maximum atomic E-state index is 12.8. The SMILES string of the molecule is O=C(Oc1ccccc1/C=C1\SC(=O)N(CC(=O)N2CCCC2)C1=O)c1ccc(Cl)cc1Cl. The molecule has 0 saturated carbocycles. The van der Waals surface area contributed by atoms with Gasteiger partial charge in [0, 0.05) is 23.7 Å².